The summed E-state index contributed by atoms with van der Waals surface area (Å²) in [7, 11) is 0. The molecule has 0 aliphatic carbocycles. The first-order valence-corrected chi connectivity index (χ1v) is 6.80. The van der Waals surface area contributed by atoms with Gasteiger partial charge in [0.1, 0.15) is 0 Å². The van der Waals surface area contributed by atoms with E-state index in [0.29, 0.717) is 24.3 Å². The van der Waals surface area contributed by atoms with Gasteiger partial charge >= 0.3 is 0 Å². The molecule has 0 unspecified atom stereocenters. The lowest BCUT2D eigenvalue weighted by molar-refractivity contribution is -0.122. The van der Waals surface area contributed by atoms with Gasteiger partial charge in [-0.05, 0) is 17.8 Å². The van der Waals surface area contributed by atoms with Gasteiger partial charge in [-0.15, -0.1) is 0 Å². The molecule has 0 fully saturated rings. The summed E-state index contributed by atoms with van der Waals surface area (Å²) in [6.45, 7) is 16.3. The van der Waals surface area contributed by atoms with E-state index in [0.717, 1.165) is 19.6 Å². The lowest BCUT2D eigenvalue weighted by Crippen LogP contribution is -2.41. The van der Waals surface area contributed by atoms with Crippen molar-refractivity contribution in [2.24, 2.45) is 17.8 Å². The fourth-order valence-electron chi connectivity index (χ4n) is 1.81. The standard InChI is InChI=1S/C14H30N2O/c1-11(2)7-15-14(17)10-16(8-12(3)4)9-13(5)6/h11-13H,7-10H2,1-6H3,(H,15,17). The Hall–Kier alpha value is -0.570. The second-order valence-corrected chi connectivity index (χ2v) is 6.18. The summed E-state index contributed by atoms with van der Waals surface area (Å²) in [5.74, 6) is 1.88. The molecule has 0 spiro atoms. The Morgan fingerprint density at radius 3 is 1.76 bits per heavy atom. The van der Waals surface area contributed by atoms with Crippen LogP contribution in [0.1, 0.15) is 41.5 Å². The number of nitrogens with one attached hydrogen (secondary N) is 1. The van der Waals surface area contributed by atoms with E-state index in [1.54, 1.807) is 0 Å². The molecule has 3 nitrogen and oxygen atoms in total. The Morgan fingerprint density at radius 2 is 1.41 bits per heavy atom. The SMILES string of the molecule is CC(C)CNC(=O)CN(CC(C)C)CC(C)C. The van der Waals surface area contributed by atoms with Crippen LogP contribution in [0.5, 0.6) is 0 Å². The second-order valence-electron chi connectivity index (χ2n) is 6.18. The van der Waals surface area contributed by atoms with E-state index >= 15 is 0 Å². The van der Waals surface area contributed by atoms with E-state index in [1.807, 2.05) is 0 Å². The van der Waals surface area contributed by atoms with E-state index in [9.17, 15) is 4.79 Å². The van der Waals surface area contributed by atoms with Crippen LogP contribution in [-0.4, -0.2) is 37.0 Å². The monoisotopic (exact) mass is 242 g/mol. The molecule has 1 N–H and O–H groups in total. The third kappa shape index (κ3) is 10.3. The normalized spacial score (nSPS) is 11.9. The maximum absolute atomic E-state index is 11.8. The molecule has 0 aromatic heterocycles. The fraction of sp³-hybridized carbons (Fsp3) is 0.929. The van der Waals surface area contributed by atoms with Crippen molar-refractivity contribution >= 4 is 5.91 Å². The summed E-state index contributed by atoms with van der Waals surface area (Å²) in [6, 6.07) is 0. The van der Waals surface area contributed by atoms with E-state index in [1.165, 1.54) is 0 Å². The van der Waals surface area contributed by atoms with Crippen LogP contribution < -0.4 is 5.32 Å². The van der Waals surface area contributed by atoms with Gasteiger partial charge in [-0.1, -0.05) is 41.5 Å². The first kappa shape index (κ1) is 16.4. The predicted molar refractivity (Wildman–Crippen MR) is 74.0 cm³/mol. The van der Waals surface area contributed by atoms with Crippen LogP contribution in [0.25, 0.3) is 0 Å². The second kappa shape index (κ2) is 8.51. The van der Waals surface area contributed by atoms with E-state index in [-0.39, 0.29) is 5.91 Å². The lowest BCUT2D eigenvalue weighted by atomic mass is 10.1. The summed E-state index contributed by atoms with van der Waals surface area (Å²) in [5.41, 5.74) is 0. The maximum atomic E-state index is 11.8. The zero-order chi connectivity index (χ0) is 13.4. The van der Waals surface area contributed by atoms with Crippen molar-refractivity contribution in [1.82, 2.24) is 10.2 Å². The van der Waals surface area contributed by atoms with Crippen LogP contribution in [-0.2, 0) is 4.79 Å². The highest BCUT2D eigenvalue weighted by Crippen LogP contribution is 2.03. The van der Waals surface area contributed by atoms with E-state index < -0.39 is 0 Å². The molecule has 0 bridgehead atoms. The van der Waals surface area contributed by atoms with Gasteiger partial charge in [0.05, 0.1) is 6.54 Å². The molecular formula is C14H30N2O. The average molecular weight is 242 g/mol. The van der Waals surface area contributed by atoms with Gasteiger partial charge < -0.3 is 5.32 Å². The van der Waals surface area contributed by atoms with E-state index in [4.69, 9.17) is 0 Å². The number of amides is 1. The number of hydrogen-bond acceptors (Lipinski definition) is 2. The molecule has 0 aromatic carbocycles. The first-order valence-electron chi connectivity index (χ1n) is 6.80. The molecule has 17 heavy (non-hydrogen) atoms. The van der Waals surface area contributed by atoms with Crippen molar-refractivity contribution in [2.45, 2.75) is 41.5 Å². The van der Waals surface area contributed by atoms with Crippen molar-refractivity contribution in [1.29, 1.82) is 0 Å². The summed E-state index contributed by atoms with van der Waals surface area (Å²) < 4.78 is 0. The molecule has 0 saturated heterocycles. The summed E-state index contributed by atoms with van der Waals surface area (Å²) in [6.07, 6.45) is 0. The van der Waals surface area contributed by atoms with Gasteiger partial charge in [0.25, 0.3) is 0 Å². The smallest absolute Gasteiger partial charge is 0.234 e. The van der Waals surface area contributed by atoms with E-state index in [2.05, 4.69) is 51.8 Å². The van der Waals surface area contributed by atoms with Crippen LogP contribution in [0.2, 0.25) is 0 Å². The molecule has 3 heteroatoms. The lowest BCUT2D eigenvalue weighted by Gasteiger charge is -2.25. The van der Waals surface area contributed by atoms with Gasteiger partial charge in [-0.3, -0.25) is 9.69 Å². The van der Waals surface area contributed by atoms with Crippen LogP contribution >= 0.6 is 0 Å². The molecule has 0 aliphatic rings. The molecule has 102 valence electrons. The highest BCUT2D eigenvalue weighted by Gasteiger charge is 2.13. The number of hydrogen-bond donors (Lipinski definition) is 1. The average Bonchev–Trinajstić information content (AvgIpc) is 2.12. The number of carbonyl (C=O) groups is 1. The van der Waals surface area contributed by atoms with Gasteiger partial charge in [0.2, 0.25) is 5.91 Å². The molecule has 0 aromatic rings. The first-order chi connectivity index (χ1) is 7.81. The summed E-state index contributed by atoms with van der Waals surface area (Å²) >= 11 is 0. The molecule has 0 aliphatic heterocycles. The minimum atomic E-state index is 0.153. The quantitative estimate of drug-likeness (QED) is 0.709. The third-order valence-electron chi connectivity index (χ3n) is 2.32. The number of rotatable bonds is 8. The predicted octanol–water partition coefficient (Wildman–Crippen LogP) is 2.37. The molecule has 0 rings (SSSR count). The molecular weight excluding hydrogens is 212 g/mol. The zero-order valence-electron chi connectivity index (χ0n) is 12.4. The Labute approximate surface area is 107 Å². The van der Waals surface area contributed by atoms with Gasteiger partial charge in [-0.2, -0.15) is 0 Å². The largest absolute Gasteiger partial charge is 0.355 e. The fourth-order valence-corrected chi connectivity index (χ4v) is 1.81. The van der Waals surface area contributed by atoms with Crippen molar-refractivity contribution in [2.75, 3.05) is 26.2 Å². The van der Waals surface area contributed by atoms with Crippen LogP contribution in [0, 0.1) is 17.8 Å². The van der Waals surface area contributed by atoms with Crippen LogP contribution in [0.4, 0.5) is 0 Å². The van der Waals surface area contributed by atoms with Gasteiger partial charge in [0.15, 0.2) is 0 Å². The summed E-state index contributed by atoms with van der Waals surface area (Å²) in [4.78, 5) is 14.0. The topological polar surface area (TPSA) is 32.3 Å². The Balaban J connectivity index is 4.08. The zero-order valence-corrected chi connectivity index (χ0v) is 12.4. The van der Waals surface area contributed by atoms with Crippen LogP contribution in [0.15, 0.2) is 0 Å². The van der Waals surface area contributed by atoms with Crippen molar-refractivity contribution in [3.63, 3.8) is 0 Å². The Morgan fingerprint density at radius 1 is 0.941 bits per heavy atom. The van der Waals surface area contributed by atoms with Crippen LogP contribution in [0.3, 0.4) is 0 Å². The highest BCUT2D eigenvalue weighted by molar-refractivity contribution is 5.77. The minimum Gasteiger partial charge on any atom is -0.355 e. The molecule has 1 amide bonds. The van der Waals surface area contributed by atoms with Gasteiger partial charge in [-0.25, -0.2) is 0 Å². The summed E-state index contributed by atoms with van der Waals surface area (Å²) in [5, 5.41) is 2.98. The van der Waals surface area contributed by atoms with Gasteiger partial charge in [0, 0.05) is 19.6 Å². The molecule has 0 saturated carbocycles. The molecule has 0 atom stereocenters. The van der Waals surface area contributed by atoms with Crippen molar-refractivity contribution in [3.05, 3.63) is 0 Å². The maximum Gasteiger partial charge on any atom is 0.234 e. The van der Waals surface area contributed by atoms with Crippen molar-refractivity contribution in [3.8, 4) is 0 Å². The number of nitrogens with zero attached hydrogens (tertiary/aromatic N) is 1. The third-order valence-corrected chi connectivity index (χ3v) is 2.32. The van der Waals surface area contributed by atoms with Crippen molar-refractivity contribution < 1.29 is 4.79 Å². The minimum absolute atomic E-state index is 0.153. The Kier molecular flexibility index (Phi) is 8.23. The molecule has 0 radical (unpaired) electrons. The number of carbonyl (C=O) groups excluding carboxylic acids is 1. The molecule has 0 heterocycles. The highest BCUT2D eigenvalue weighted by atomic mass is 16.2. The Bertz CT molecular complexity index is 202.